The van der Waals surface area contributed by atoms with E-state index in [1.165, 1.54) is 11.1 Å². The number of aromatic nitrogens is 2. The number of anilines is 1. The summed E-state index contributed by atoms with van der Waals surface area (Å²) in [6, 6.07) is 8.32. The average molecular weight is 348 g/mol. The minimum atomic E-state index is 0.763. The van der Waals surface area contributed by atoms with Crippen LogP contribution in [0.5, 0.6) is 0 Å². The van der Waals surface area contributed by atoms with Crippen molar-refractivity contribution in [3.63, 3.8) is 0 Å². The fourth-order valence-corrected chi connectivity index (χ4v) is 2.60. The molecule has 1 heterocycles. The van der Waals surface area contributed by atoms with Gasteiger partial charge in [0.25, 0.3) is 0 Å². The SMILES string of the molecule is CCCNc1nc(Cc2ccc(Br)cc2)nc(C)c1CC. The van der Waals surface area contributed by atoms with Crippen LogP contribution in [0, 0.1) is 6.92 Å². The Labute approximate surface area is 135 Å². The lowest BCUT2D eigenvalue weighted by Crippen LogP contribution is -2.11. The second kappa shape index (κ2) is 7.55. The van der Waals surface area contributed by atoms with Gasteiger partial charge in [0.2, 0.25) is 0 Å². The highest BCUT2D eigenvalue weighted by Gasteiger charge is 2.10. The molecule has 0 atom stereocenters. The van der Waals surface area contributed by atoms with Crippen LogP contribution in [-0.4, -0.2) is 16.5 Å². The third-order valence-corrected chi connectivity index (χ3v) is 3.96. The molecule has 0 radical (unpaired) electrons. The van der Waals surface area contributed by atoms with Crippen molar-refractivity contribution < 1.29 is 0 Å². The molecular formula is C17H22BrN3. The lowest BCUT2D eigenvalue weighted by molar-refractivity contribution is 0.886. The summed E-state index contributed by atoms with van der Waals surface area (Å²) in [5.74, 6) is 1.88. The second-order valence-corrected chi connectivity index (χ2v) is 6.05. The Morgan fingerprint density at radius 3 is 2.43 bits per heavy atom. The van der Waals surface area contributed by atoms with Crippen molar-refractivity contribution in [2.75, 3.05) is 11.9 Å². The zero-order valence-corrected chi connectivity index (χ0v) is 14.5. The van der Waals surface area contributed by atoms with Crippen LogP contribution in [0.1, 0.15) is 42.9 Å². The molecule has 0 aliphatic carbocycles. The van der Waals surface area contributed by atoms with E-state index in [1.807, 2.05) is 0 Å². The maximum Gasteiger partial charge on any atom is 0.135 e. The molecule has 0 fully saturated rings. The van der Waals surface area contributed by atoms with E-state index in [0.29, 0.717) is 0 Å². The van der Waals surface area contributed by atoms with Crippen molar-refractivity contribution >= 4 is 21.7 Å². The first-order chi connectivity index (χ1) is 10.1. The number of benzene rings is 1. The van der Waals surface area contributed by atoms with Gasteiger partial charge in [-0.1, -0.05) is 41.9 Å². The number of hydrogen-bond donors (Lipinski definition) is 1. The first kappa shape index (κ1) is 16.0. The number of halogens is 1. The van der Waals surface area contributed by atoms with E-state index in [9.17, 15) is 0 Å². The molecule has 2 aromatic rings. The molecule has 1 aromatic carbocycles. The Morgan fingerprint density at radius 2 is 1.81 bits per heavy atom. The predicted octanol–water partition coefficient (Wildman–Crippen LogP) is 4.52. The second-order valence-electron chi connectivity index (χ2n) is 5.14. The molecule has 21 heavy (non-hydrogen) atoms. The quantitative estimate of drug-likeness (QED) is 0.834. The van der Waals surface area contributed by atoms with Crippen molar-refractivity contribution in [1.29, 1.82) is 0 Å². The third kappa shape index (κ3) is 4.27. The van der Waals surface area contributed by atoms with Gasteiger partial charge in [-0.15, -0.1) is 0 Å². The largest absolute Gasteiger partial charge is 0.370 e. The van der Waals surface area contributed by atoms with Gasteiger partial charge in [0.15, 0.2) is 0 Å². The fourth-order valence-electron chi connectivity index (χ4n) is 2.33. The maximum absolute atomic E-state index is 4.73. The molecule has 1 aromatic heterocycles. The molecule has 1 N–H and O–H groups in total. The molecule has 2 rings (SSSR count). The molecular weight excluding hydrogens is 326 g/mol. The highest BCUT2D eigenvalue weighted by molar-refractivity contribution is 9.10. The van der Waals surface area contributed by atoms with E-state index < -0.39 is 0 Å². The Balaban J connectivity index is 2.27. The van der Waals surface area contributed by atoms with Crippen molar-refractivity contribution in [3.05, 3.63) is 51.4 Å². The summed E-state index contributed by atoms with van der Waals surface area (Å²) >= 11 is 3.46. The molecule has 3 nitrogen and oxygen atoms in total. The minimum absolute atomic E-state index is 0.763. The Kier molecular flexibility index (Phi) is 5.74. The average Bonchev–Trinajstić information content (AvgIpc) is 2.47. The number of aryl methyl sites for hydroxylation is 1. The van der Waals surface area contributed by atoms with E-state index in [2.05, 4.69) is 71.3 Å². The van der Waals surface area contributed by atoms with Crippen LogP contribution in [0.4, 0.5) is 5.82 Å². The molecule has 112 valence electrons. The first-order valence-corrected chi connectivity index (χ1v) is 8.28. The van der Waals surface area contributed by atoms with Crippen LogP contribution >= 0.6 is 15.9 Å². The first-order valence-electron chi connectivity index (χ1n) is 7.48. The normalized spacial score (nSPS) is 10.7. The lowest BCUT2D eigenvalue weighted by Gasteiger charge is -2.13. The Bertz CT molecular complexity index is 594. The Hall–Kier alpha value is -1.42. The summed E-state index contributed by atoms with van der Waals surface area (Å²) in [4.78, 5) is 9.39. The van der Waals surface area contributed by atoms with Gasteiger partial charge in [0, 0.05) is 28.7 Å². The standard InChI is InChI=1S/C17H22BrN3/c1-4-10-19-17-15(5-2)12(3)20-16(21-17)11-13-6-8-14(18)9-7-13/h6-9H,4-5,10-11H2,1-3H3,(H,19,20,21). The summed E-state index contributed by atoms with van der Waals surface area (Å²) in [6.45, 7) is 7.33. The van der Waals surface area contributed by atoms with Gasteiger partial charge in [-0.05, 0) is 37.5 Å². The van der Waals surface area contributed by atoms with E-state index in [-0.39, 0.29) is 0 Å². The summed E-state index contributed by atoms with van der Waals surface area (Å²) in [5, 5.41) is 3.43. The molecule has 0 saturated heterocycles. The van der Waals surface area contributed by atoms with Gasteiger partial charge in [-0.2, -0.15) is 0 Å². The van der Waals surface area contributed by atoms with Crippen LogP contribution in [0.2, 0.25) is 0 Å². The maximum atomic E-state index is 4.73. The van der Waals surface area contributed by atoms with Crippen molar-refractivity contribution in [1.82, 2.24) is 9.97 Å². The van der Waals surface area contributed by atoms with E-state index in [1.54, 1.807) is 0 Å². The van der Waals surface area contributed by atoms with Crippen molar-refractivity contribution in [2.45, 2.75) is 40.0 Å². The molecule has 0 aliphatic heterocycles. The van der Waals surface area contributed by atoms with Gasteiger partial charge in [-0.3, -0.25) is 0 Å². The van der Waals surface area contributed by atoms with Crippen molar-refractivity contribution in [3.8, 4) is 0 Å². The smallest absolute Gasteiger partial charge is 0.135 e. The monoisotopic (exact) mass is 347 g/mol. The number of rotatable bonds is 6. The molecule has 0 spiro atoms. The number of nitrogens with one attached hydrogen (secondary N) is 1. The zero-order chi connectivity index (χ0) is 15.2. The zero-order valence-electron chi connectivity index (χ0n) is 12.9. The molecule has 0 unspecified atom stereocenters. The van der Waals surface area contributed by atoms with Gasteiger partial charge in [0.05, 0.1) is 0 Å². The molecule has 0 saturated carbocycles. The molecule has 0 aliphatic rings. The van der Waals surface area contributed by atoms with Crippen LogP contribution in [0.3, 0.4) is 0 Å². The lowest BCUT2D eigenvalue weighted by atomic mass is 10.1. The van der Waals surface area contributed by atoms with Crippen molar-refractivity contribution in [2.24, 2.45) is 0 Å². The van der Waals surface area contributed by atoms with E-state index in [0.717, 1.165) is 47.6 Å². The molecule has 0 amide bonds. The summed E-state index contributed by atoms with van der Waals surface area (Å²) in [6.07, 6.45) is 2.81. The Morgan fingerprint density at radius 1 is 1.10 bits per heavy atom. The topological polar surface area (TPSA) is 37.8 Å². The van der Waals surface area contributed by atoms with Crippen LogP contribution in [0.25, 0.3) is 0 Å². The van der Waals surface area contributed by atoms with E-state index in [4.69, 9.17) is 4.98 Å². The number of hydrogen-bond acceptors (Lipinski definition) is 3. The summed E-state index contributed by atoms with van der Waals surface area (Å²) in [7, 11) is 0. The van der Waals surface area contributed by atoms with Crippen LogP contribution in [0.15, 0.2) is 28.7 Å². The van der Waals surface area contributed by atoms with Gasteiger partial charge in [-0.25, -0.2) is 9.97 Å². The highest BCUT2D eigenvalue weighted by Crippen LogP contribution is 2.19. The molecule has 4 heteroatoms. The third-order valence-electron chi connectivity index (χ3n) is 3.43. The van der Waals surface area contributed by atoms with Crippen LogP contribution < -0.4 is 5.32 Å². The van der Waals surface area contributed by atoms with Gasteiger partial charge < -0.3 is 5.32 Å². The highest BCUT2D eigenvalue weighted by atomic mass is 79.9. The van der Waals surface area contributed by atoms with Crippen LogP contribution in [-0.2, 0) is 12.8 Å². The fraction of sp³-hybridized carbons (Fsp3) is 0.412. The number of nitrogens with zero attached hydrogens (tertiary/aromatic N) is 2. The summed E-state index contributed by atoms with van der Waals surface area (Å²) < 4.78 is 1.09. The van der Waals surface area contributed by atoms with Gasteiger partial charge in [0.1, 0.15) is 11.6 Å². The summed E-state index contributed by atoms with van der Waals surface area (Å²) in [5.41, 5.74) is 3.53. The van der Waals surface area contributed by atoms with E-state index >= 15 is 0 Å². The van der Waals surface area contributed by atoms with Gasteiger partial charge >= 0.3 is 0 Å². The predicted molar refractivity (Wildman–Crippen MR) is 91.9 cm³/mol. The molecule has 0 bridgehead atoms. The minimum Gasteiger partial charge on any atom is -0.370 e.